The van der Waals surface area contributed by atoms with Gasteiger partial charge in [-0.1, -0.05) is 18.2 Å². The number of carbonyl (C=O) groups excluding carboxylic acids is 1. The molecule has 3 rings (SSSR count). The number of hydrogen-bond acceptors (Lipinski definition) is 4. The molecule has 1 fully saturated rings. The predicted octanol–water partition coefficient (Wildman–Crippen LogP) is 1.37. The van der Waals surface area contributed by atoms with Gasteiger partial charge in [0.05, 0.1) is 5.52 Å². The molecule has 1 aliphatic heterocycles. The lowest BCUT2D eigenvalue weighted by Gasteiger charge is -2.38. The summed E-state index contributed by atoms with van der Waals surface area (Å²) in [6, 6.07) is 9.67. The number of amides is 1. The van der Waals surface area contributed by atoms with Crippen LogP contribution in [0.15, 0.2) is 30.3 Å². The number of rotatable bonds is 3. The Hall–Kier alpha value is -2.14. The van der Waals surface area contributed by atoms with Crippen LogP contribution in [0.5, 0.6) is 0 Å². The van der Waals surface area contributed by atoms with Crippen molar-refractivity contribution in [3.8, 4) is 0 Å². The van der Waals surface area contributed by atoms with Crippen LogP contribution in [-0.2, 0) is 0 Å². The average Bonchev–Trinajstić information content (AvgIpc) is 2.44. The minimum absolute atomic E-state index is 0.0615. The van der Waals surface area contributed by atoms with Crippen LogP contribution >= 0.6 is 0 Å². The number of pyridine rings is 1. The highest BCUT2D eigenvalue weighted by atomic mass is 16.3. The molecule has 5 nitrogen and oxygen atoms in total. The fourth-order valence-electron chi connectivity index (χ4n) is 2.65. The van der Waals surface area contributed by atoms with Crippen molar-refractivity contribution in [2.45, 2.75) is 0 Å². The van der Waals surface area contributed by atoms with E-state index in [1.807, 2.05) is 49.3 Å². The number of aliphatic hydroxyl groups excluding tert-OH is 1. The molecule has 110 valence electrons. The maximum atomic E-state index is 12.5. The van der Waals surface area contributed by atoms with Gasteiger partial charge in [-0.3, -0.25) is 4.79 Å². The van der Waals surface area contributed by atoms with Crippen molar-refractivity contribution in [3.05, 3.63) is 36.0 Å². The summed E-state index contributed by atoms with van der Waals surface area (Å²) in [4.78, 5) is 20.7. The molecule has 0 atom stereocenters. The molecule has 0 aliphatic carbocycles. The van der Waals surface area contributed by atoms with E-state index in [0.717, 1.165) is 16.6 Å². The standard InChI is InChI=1S/C16H19N3O2/c1-18(2)15-7-14(16(21)19-8-11(9-19)10-20)17-13-6-4-3-5-12(13)15/h3-7,11,20H,8-10H2,1-2H3. The number of aliphatic hydroxyl groups is 1. The van der Waals surface area contributed by atoms with Crippen molar-refractivity contribution < 1.29 is 9.90 Å². The molecule has 0 unspecified atom stereocenters. The normalized spacial score (nSPS) is 15.1. The zero-order chi connectivity index (χ0) is 15.0. The Morgan fingerprint density at radius 1 is 1.38 bits per heavy atom. The van der Waals surface area contributed by atoms with Crippen LogP contribution in [0.25, 0.3) is 10.9 Å². The second-order valence-corrected chi connectivity index (χ2v) is 5.70. The molecule has 1 saturated heterocycles. The first-order chi connectivity index (χ1) is 10.1. The van der Waals surface area contributed by atoms with Crippen molar-refractivity contribution in [1.29, 1.82) is 0 Å². The Morgan fingerprint density at radius 3 is 2.76 bits per heavy atom. The molecule has 0 radical (unpaired) electrons. The highest BCUT2D eigenvalue weighted by molar-refractivity contribution is 6.00. The number of nitrogens with zero attached hydrogens (tertiary/aromatic N) is 3. The van der Waals surface area contributed by atoms with Gasteiger partial charge in [0.2, 0.25) is 0 Å². The first-order valence-corrected chi connectivity index (χ1v) is 7.07. The zero-order valence-electron chi connectivity index (χ0n) is 12.3. The van der Waals surface area contributed by atoms with E-state index >= 15 is 0 Å². The number of para-hydroxylation sites is 1. The molecule has 2 heterocycles. The molecule has 1 aliphatic rings. The molecular formula is C16H19N3O2. The molecule has 1 aromatic heterocycles. The Labute approximate surface area is 123 Å². The summed E-state index contributed by atoms with van der Waals surface area (Å²) in [6.07, 6.45) is 0. The quantitative estimate of drug-likeness (QED) is 0.925. The first-order valence-electron chi connectivity index (χ1n) is 7.07. The maximum absolute atomic E-state index is 12.5. The lowest BCUT2D eigenvalue weighted by molar-refractivity contribution is 0.0357. The van der Waals surface area contributed by atoms with Crippen molar-refractivity contribution in [3.63, 3.8) is 0 Å². The van der Waals surface area contributed by atoms with Crippen LogP contribution in [-0.4, -0.2) is 54.7 Å². The van der Waals surface area contributed by atoms with E-state index in [1.54, 1.807) is 4.90 Å². The molecule has 1 N–H and O–H groups in total. The van der Waals surface area contributed by atoms with E-state index in [2.05, 4.69) is 4.98 Å². The monoisotopic (exact) mass is 285 g/mol. The number of fused-ring (bicyclic) bond motifs is 1. The van der Waals surface area contributed by atoms with Crippen LogP contribution in [0.4, 0.5) is 5.69 Å². The van der Waals surface area contributed by atoms with Crippen LogP contribution in [0.2, 0.25) is 0 Å². The van der Waals surface area contributed by atoms with E-state index in [1.165, 1.54) is 0 Å². The minimum Gasteiger partial charge on any atom is -0.396 e. The first kappa shape index (κ1) is 13.8. The van der Waals surface area contributed by atoms with Crippen molar-refractivity contribution >= 4 is 22.5 Å². The molecule has 1 amide bonds. The summed E-state index contributed by atoms with van der Waals surface area (Å²) in [7, 11) is 3.92. The number of aromatic nitrogens is 1. The van der Waals surface area contributed by atoms with Gasteiger partial charge in [0.15, 0.2) is 0 Å². The highest BCUT2D eigenvalue weighted by Gasteiger charge is 2.31. The molecule has 1 aromatic carbocycles. The topological polar surface area (TPSA) is 56.7 Å². The Balaban J connectivity index is 1.98. The Kier molecular flexibility index (Phi) is 3.51. The van der Waals surface area contributed by atoms with E-state index in [-0.39, 0.29) is 18.4 Å². The van der Waals surface area contributed by atoms with Crippen LogP contribution in [0, 0.1) is 5.92 Å². The van der Waals surface area contributed by atoms with Gasteiger partial charge in [0, 0.05) is 50.8 Å². The van der Waals surface area contributed by atoms with Gasteiger partial charge >= 0.3 is 0 Å². The molecule has 21 heavy (non-hydrogen) atoms. The van der Waals surface area contributed by atoms with Crippen LogP contribution in [0.1, 0.15) is 10.5 Å². The average molecular weight is 285 g/mol. The van der Waals surface area contributed by atoms with Gasteiger partial charge in [-0.25, -0.2) is 4.98 Å². The lowest BCUT2D eigenvalue weighted by atomic mass is 10.0. The van der Waals surface area contributed by atoms with Gasteiger partial charge in [-0.15, -0.1) is 0 Å². The summed E-state index contributed by atoms with van der Waals surface area (Å²) in [6.45, 7) is 1.36. The van der Waals surface area contributed by atoms with Gasteiger partial charge in [-0.2, -0.15) is 0 Å². The van der Waals surface area contributed by atoms with Crippen LogP contribution in [0.3, 0.4) is 0 Å². The molecule has 0 bridgehead atoms. The van der Waals surface area contributed by atoms with E-state index in [0.29, 0.717) is 18.8 Å². The van der Waals surface area contributed by atoms with Crippen molar-refractivity contribution in [2.75, 3.05) is 38.7 Å². The maximum Gasteiger partial charge on any atom is 0.272 e. The third kappa shape index (κ3) is 2.45. The molecule has 0 saturated carbocycles. The smallest absolute Gasteiger partial charge is 0.272 e. The SMILES string of the molecule is CN(C)c1cc(C(=O)N2CC(CO)C2)nc2ccccc12. The number of anilines is 1. The molecule has 0 spiro atoms. The molecule has 2 aromatic rings. The fourth-order valence-corrected chi connectivity index (χ4v) is 2.65. The highest BCUT2D eigenvalue weighted by Crippen LogP contribution is 2.27. The van der Waals surface area contributed by atoms with Crippen molar-refractivity contribution in [1.82, 2.24) is 9.88 Å². The third-order valence-corrected chi connectivity index (χ3v) is 3.90. The van der Waals surface area contributed by atoms with Gasteiger partial charge in [0.1, 0.15) is 5.69 Å². The van der Waals surface area contributed by atoms with E-state index < -0.39 is 0 Å². The summed E-state index contributed by atoms with van der Waals surface area (Å²) in [5.74, 6) is 0.149. The number of hydrogen-bond donors (Lipinski definition) is 1. The Bertz CT molecular complexity index is 678. The number of carbonyl (C=O) groups is 1. The van der Waals surface area contributed by atoms with E-state index in [4.69, 9.17) is 5.11 Å². The predicted molar refractivity (Wildman–Crippen MR) is 82.5 cm³/mol. The number of benzene rings is 1. The second kappa shape index (κ2) is 5.33. The van der Waals surface area contributed by atoms with Crippen LogP contribution < -0.4 is 4.90 Å². The van der Waals surface area contributed by atoms with Gasteiger partial charge in [0.25, 0.3) is 5.91 Å². The summed E-state index contributed by atoms with van der Waals surface area (Å²) >= 11 is 0. The zero-order valence-corrected chi connectivity index (χ0v) is 12.3. The third-order valence-electron chi connectivity index (χ3n) is 3.90. The van der Waals surface area contributed by atoms with Gasteiger partial charge in [-0.05, 0) is 12.1 Å². The second-order valence-electron chi connectivity index (χ2n) is 5.70. The molecule has 5 heteroatoms. The number of likely N-dealkylation sites (tertiary alicyclic amines) is 1. The largest absolute Gasteiger partial charge is 0.396 e. The van der Waals surface area contributed by atoms with Crippen molar-refractivity contribution in [2.24, 2.45) is 5.92 Å². The Morgan fingerprint density at radius 2 is 2.10 bits per heavy atom. The molecular weight excluding hydrogens is 266 g/mol. The lowest BCUT2D eigenvalue weighted by Crippen LogP contribution is -2.51. The van der Waals surface area contributed by atoms with E-state index in [9.17, 15) is 4.79 Å². The van der Waals surface area contributed by atoms with Gasteiger partial charge < -0.3 is 14.9 Å². The fraction of sp³-hybridized carbons (Fsp3) is 0.375. The summed E-state index contributed by atoms with van der Waals surface area (Å²) < 4.78 is 0. The summed E-state index contributed by atoms with van der Waals surface area (Å²) in [5, 5.41) is 10.1. The minimum atomic E-state index is -0.0615. The summed E-state index contributed by atoms with van der Waals surface area (Å²) in [5.41, 5.74) is 2.28.